The molecule has 0 heterocycles. The molecule has 0 unspecified atom stereocenters. The summed E-state index contributed by atoms with van der Waals surface area (Å²) in [6, 6.07) is 8.20. The summed E-state index contributed by atoms with van der Waals surface area (Å²) in [6.07, 6.45) is 11.4. The first-order valence-corrected chi connectivity index (χ1v) is 11.3. The first-order valence-electron chi connectivity index (χ1n) is 11.3. The van der Waals surface area contributed by atoms with Gasteiger partial charge in [0.15, 0.2) is 0 Å². The van der Waals surface area contributed by atoms with Crippen LogP contribution >= 0.6 is 0 Å². The Kier molecular flexibility index (Phi) is 10.4. The molecule has 162 valence electrons. The molecule has 0 atom stereocenters. The molecule has 1 amide bonds. The van der Waals surface area contributed by atoms with Crippen molar-refractivity contribution in [2.75, 3.05) is 33.8 Å². The van der Waals surface area contributed by atoms with Crippen LogP contribution < -0.4 is 0 Å². The normalized spacial score (nSPS) is 19.3. The number of aryl methyl sites for hydroxylation is 1. The summed E-state index contributed by atoms with van der Waals surface area (Å²) < 4.78 is 6.11. The number of amides is 1. The topological polar surface area (TPSA) is 32.8 Å². The fourth-order valence-corrected chi connectivity index (χ4v) is 4.06. The number of hydrogen-bond donors (Lipinski definition) is 0. The van der Waals surface area contributed by atoms with Crippen molar-refractivity contribution >= 4 is 5.91 Å². The van der Waals surface area contributed by atoms with Gasteiger partial charge in [-0.2, -0.15) is 0 Å². The highest BCUT2D eigenvalue weighted by Crippen LogP contribution is 2.25. The van der Waals surface area contributed by atoms with Crippen LogP contribution in [0, 0.1) is 6.92 Å². The minimum Gasteiger partial charge on any atom is -0.378 e. The van der Waals surface area contributed by atoms with Gasteiger partial charge in [-0.25, -0.2) is 0 Å². The molecule has 0 radical (unpaired) electrons. The van der Waals surface area contributed by atoms with Crippen molar-refractivity contribution in [3.8, 4) is 0 Å². The second-order valence-corrected chi connectivity index (χ2v) is 8.55. The van der Waals surface area contributed by atoms with E-state index >= 15 is 0 Å². The Hall–Kier alpha value is -1.65. The van der Waals surface area contributed by atoms with Crippen molar-refractivity contribution in [1.29, 1.82) is 0 Å². The number of nitrogens with zero attached hydrogens (tertiary/aromatic N) is 2. The van der Waals surface area contributed by atoms with E-state index in [0.29, 0.717) is 12.1 Å². The Balaban J connectivity index is 1.57. The van der Waals surface area contributed by atoms with Crippen LogP contribution in [0.25, 0.3) is 0 Å². The second-order valence-electron chi connectivity index (χ2n) is 8.55. The maximum Gasteiger partial charge on any atom is 0.253 e. The molecule has 0 bridgehead atoms. The maximum atomic E-state index is 12.7. The maximum absolute atomic E-state index is 12.7. The summed E-state index contributed by atoms with van der Waals surface area (Å²) in [5.74, 6) is 0.133. The monoisotopic (exact) mass is 400 g/mol. The number of likely N-dealkylation sites (N-methyl/N-ethyl adjacent to an activating group) is 1. The Labute approximate surface area is 177 Å². The number of rotatable bonds is 12. The van der Waals surface area contributed by atoms with E-state index < -0.39 is 0 Å². The lowest BCUT2D eigenvalue weighted by molar-refractivity contribution is 0.00908. The lowest BCUT2D eigenvalue weighted by atomic mass is 9.91. The van der Waals surface area contributed by atoms with Crippen LogP contribution in [0.4, 0.5) is 0 Å². The highest BCUT2D eigenvalue weighted by atomic mass is 16.5. The average Bonchev–Trinajstić information content (AvgIpc) is 2.73. The Bertz CT molecular complexity index is 606. The Morgan fingerprint density at radius 1 is 1.07 bits per heavy atom. The van der Waals surface area contributed by atoms with E-state index in [-0.39, 0.29) is 5.91 Å². The van der Waals surface area contributed by atoms with Crippen LogP contribution in [-0.2, 0) is 4.74 Å². The highest BCUT2D eigenvalue weighted by Gasteiger charge is 2.27. The molecule has 1 aliphatic rings. The lowest BCUT2D eigenvalue weighted by Gasteiger charge is -2.34. The van der Waals surface area contributed by atoms with Crippen LogP contribution in [0.2, 0.25) is 0 Å². The quantitative estimate of drug-likeness (QED) is 0.363. The van der Waals surface area contributed by atoms with Gasteiger partial charge in [0.05, 0.1) is 6.10 Å². The summed E-state index contributed by atoms with van der Waals surface area (Å²) >= 11 is 0. The molecule has 4 nitrogen and oxygen atoms in total. The third-order valence-electron chi connectivity index (χ3n) is 6.04. The van der Waals surface area contributed by atoms with Gasteiger partial charge >= 0.3 is 0 Å². The van der Waals surface area contributed by atoms with Gasteiger partial charge in [0.25, 0.3) is 5.91 Å². The fourth-order valence-electron chi connectivity index (χ4n) is 4.06. The van der Waals surface area contributed by atoms with Crippen molar-refractivity contribution < 1.29 is 9.53 Å². The first kappa shape index (κ1) is 23.6. The van der Waals surface area contributed by atoms with Gasteiger partial charge < -0.3 is 14.5 Å². The van der Waals surface area contributed by atoms with E-state index in [1.807, 2.05) is 49.2 Å². The standard InChI is InChI=1S/C25H40N2O2/c1-5-18-26(3)19-8-6-7-9-20-29-24-16-14-23(15-17-24)27(4)25(28)22-12-10-21(2)11-13-22/h5,10-13,23-24H,1,6-9,14-20H2,2-4H3/t23-,24-. The number of hydrogen-bond acceptors (Lipinski definition) is 3. The largest absolute Gasteiger partial charge is 0.378 e. The molecule has 29 heavy (non-hydrogen) atoms. The zero-order valence-electron chi connectivity index (χ0n) is 18.7. The van der Waals surface area contributed by atoms with E-state index in [1.165, 1.54) is 24.8 Å². The number of ether oxygens (including phenoxy) is 1. The summed E-state index contributed by atoms with van der Waals surface area (Å²) in [7, 11) is 4.09. The van der Waals surface area contributed by atoms with Gasteiger partial charge in [0, 0.05) is 31.8 Å². The Morgan fingerprint density at radius 3 is 2.38 bits per heavy atom. The van der Waals surface area contributed by atoms with Crippen molar-refractivity contribution in [2.45, 2.75) is 70.4 Å². The fraction of sp³-hybridized carbons (Fsp3) is 0.640. The molecular formula is C25H40N2O2. The zero-order chi connectivity index (χ0) is 21.1. The molecule has 1 aromatic carbocycles. The molecule has 1 aromatic rings. The van der Waals surface area contributed by atoms with Crippen molar-refractivity contribution in [1.82, 2.24) is 9.80 Å². The van der Waals surface area contributed by atoms with E-state index in [4.69, 9.17) is 4.74 Å². The van der Waals surface area contributed by atoms with Gasteiger partial charge in [0.1, 0.15) is 0 Å². The molecule has 1 saturated carbocycles. The second kappa shape index (κ2) is 12.8. The third-order valence-corrected chi connectivity index (χ3v) is 6.04. The van der Waals surface area contributed by atoms with Gasteiger partial charge in [0.2, 0.25) is 0 Å². The Morgan fingerprint density at radius 2 is 1.72 bits per heavy atom. The van der Waals surface area contributed by atoms with Crippen LogP contribution in [0.5, 0.6) is 0 Å². The van der Waals surface area contributed by atoms with Gasteiger partial charge in [-0.3, -0.25) is 4.79 Å². The summed E-state index contributed by atoms with van der Waals surface area (Å²) in [5.41, 5.74) is 1.97. The summed E-state index contributed by atoms with van der Waals surface area (Å²) in [4.78, 5) is 16.9. The highest BCUT2D eigenvalue weighted by molar-refractivity contribution is 5.94. The minimum absolute atomic E-state index is 0.133. The summed E-state index contributed by atoms with van der Waals surface area (Å²) in [5, 5.41) is 0. The van der Waals surface area contributed by atoms with Gasteiger partial charge in [-0.1, -0.05) is 36.6 Å². The molecular weight excluding hydrogens is 360 g/mol. The van der Waals surface area contributed by atoms with E-state index in [9.17, 15) is 4.79 Å². The third kappa shape index (κ3) is 8.31. The van der Waals surface area contributed by atoms with Crippen LogP contribution in [-0.4, -0.2) is 61.6 Å². The van der Waals surface area contributed by atoms with Crippen LogP contribution in [0.3, 0.4) is 0 Å². The molecule has 0 aliphatic heterocycles. The molecule has 0 N–H and O–H groups in total. The summed E-state index contributed by atoms with van der Waals surface area (Å²) in [6.45, 7) is 8.80. The zero-order valence-corrected chi connectivity index (χ0v) is 18.7. The molecule has 0 aromatic heterocycles. The van der Waals surface area contributed by atoms with Crippen LogP contribution in [0.1, 0.15) is 67.3 Å². The predicted molar refractivity (Wildman–Crippen MR) is 121 cm³/mol. The molecule has 0 spiro atoms. The molecule has 1 aliphatic carbocycles. The lowest BCUT2D eigenvalue weighted by Crippen LogP contribution is -2.40. The van der Waals surface area contributed by atoms with E-state index in [2.05, 4.69) is 18.5 Å². The van der Waals surface area contributed by atoms with Gasteiger partial charge in [-0.15, -0.1) is 6.58 Å². The smallest absolute Gasteiger partial charge is 0.253 e. The number of carbonyl (C=O) groups is 1. The average molecular weight is 401 g/mol. The minimum atomic E-state index is 0.133. The molecule has 1 fully saturated rings. The van der Waals surface area contributed by atoms with E-state index in [0.717, 1.165) is 57.4 Å². The van der Waals surface area contributed by atoms with Crippen molar-refractivity contribution in [3.63, 3.8) is 0 Å². The van der Waals surface area contributed by atoms with Crippen LogP contribution in [0.15, 0.2) is 36.9 Å². The van der Waals surface area contributed by atoms with Crippen molar-refractivity contribution in [2.24, 2.45) is 0 Å². The van der Waals surface area contributed by atoms with Crippen molar-refractivity contribution in [3.05, 3.63) is 48.0 Å². The number of carbonyl (C=O) groups excluding carboxylic acids is 1. The molecule has 0 saturated heterocycles. The molecule has 4 heteroatoms. The predicted octanol–water partition coefficient (Wildman–Crippen LogP) is 5.07. The van der Waals surface area contributed by atoms with Gasteiger partial charge in [-0.05, 0) is 71.2 Å². The number of unbranched alkanes of at least 4 members (excludes halogenated alkanes) is 3. The number of benzene rings is 1. The molecule has 2 rings (SSSR count). The van der Waals surface area contributed by atoms with E-state index in [1.54, 1.807) is 0 Å². The SMILES string of the molecule is C=CCN(C)CCCCCCO[C@H]1CC[C@H](N(C)C(=O)c2ccc(C)cc2)CC1. The first-order chi connectivity index (χ1) is 14.0.